The average Bonchev–Trinajstić information content (AvgIpc) is 2.82. The molecule has 3 rings (SSSR count). The minimum atomic E-state index is -3.32. The molecule has 0 bridgehead atoms. The number of carbonyl (C=O) groups is 1. The summed E-state index contributed by atoms with van der Waals surface area (Å²) >= 11 is 0. The topological polar surface area (TPSA) is 66.9 Å². The number of rotatable bonds is 3. The van der Waals surface area contributed by atoms with Gasteiger partial charge in [0.2, 0.25) is 10.0 Å². The third kappa shape index (κ3) is 2.83. The maximum absolute atomic E-state index is 12.0. The molecule has 1 amide bonds. The predicted molar refractivity (Wildman–Crippen MR) is 78.7 cm³/mol. The van der Waals surface area contributed by atoms with E-state index in [1.807, 2.05) is 24.3 Å². The number of para-hydroxylation sites is 1. The molecule has 1 aromatic rings. The molecule has 1 fully saturated rings. The van der Waals surface area contributed by atoms with Gasteiger partial charge in [-0.15, -0.1) is 0 Å². The largest absolute Gasteiger partial charge is 0.448 e. The number of hydrogen-bond donors (Lipinski definition) is 0. The molecule has 0 saturated carbocycles. The predicted octanol–water partition coefficient (Wildman–Crippen LogP) is 1.08. The van der Waals surface area contributed by atoms with E-state index >= 15 is 0 Å². The highest BCUT2D eigenvalue weighted by Crippen LogP contribution is 2.31. The minimum absolute atomic E-state index is 0.0836. The van der Waals surface area contributed by atoms with Gasteiger partial charge >= 0.3 is 6.09 Å². The highest BCUT2D eigenvalue weighted by molar-refractivity contribution is 7.92. The number of anilines is 1. The SMILES string of the molecule is CS(=O)(=O)N1C[C@H](CN2CCOC2=O)Cc2ccccc21. The van der Waals surface area contributed by atoms with Crippen LogP contribution in [-0.2, 0) is 21.2 Å². The zero-order valence-corrected chi connectivity index (χ0v) is 12.7. The Bertz CT molecular complexity index is 659. The quantitative estimate of drug-likeness (QED) is 0.838. The summed E-state index contributed by atoms with van der Waals surface area (Å²) in [7, 11) is -3.32. The van der Waals surface area contributed by atoms with Crippen LogP contribution >= 0.6 is 0 Å². The molecule has 2 heterocycles. The second-order valence-electron chi connectivity index (χ2n) is 5.55. The smallest absolute Gasteiger partial charge is 0.409 e. The van der Waals surface area contributed by atoms with E-state index < -0.39 is 10.0 Å². The number of hydrogen-bond acceptors (Lipinski definition) is 4. The van der Waals surface area contributed by atoms with Gasteiger partial charge in [-0.3, -0.25) is 4.31 Å². The van der Waals surface area contributed by atoms with Gasteiger partial charge in [-0.25, -0.2) is 13.2 Å². The van der Waals surface area contributed by atoms with Crippen molar-refractivity contribution in [1.82, 2.24) is 4.90 Å². The third-order valence-corrected chi connectivity index (χ3v) is 5.06. The van der Waals surface area contributed by atoms with E-state index in [9.17, 15) is 13.2 Å². The van der Waals surface area contributed by atoms with Crippen molar-refractivity contribution in [1.29, 1.82) is 0 Å². The van der Waals surface area contributed by atoms with Crippen LogP contribution in [-0.4, -0.2) is 51.9 Å². The van der Waals surface area contributed by atoms with E-state index in [1.54, 1.807) is 4.90 Å². The van der Waals surface area contributed by atoms with Crippen LogP contribution in [0.4, 0.5) is 10.5 Å². The molecule has 1 atom stereocenters. The van der Waals surface area contributed by atoms with Crippen LogP contribution in [0.2, 0.25) is 0 Å². The van der Waals surface area contributed by atoms with Crippen molar-refractivity contribution in [2.24, 2.45) is 5.92 Å². The molecule has 0 radical (unpaired) electrons. The van der Waals surface area contributed by atoms with Crippen molar-refractivity contribution in [2.75, 3.05) is 36.8 Å². The molecule has 0 N–H and O–H groups in total. The fourth-order valence-electron chi connectivity index (χ4n) is 2.97. The molecule has 114 valence electrons. The summed E-state index contributed by atoms with van der Waals surface area (Å²) in [4.78, 5) is 13.2. The van der Waals surface area contributed by atoms with Gasteiger partial charge in [0.05, 0.1) is 18.5 Å². The normalized spacial score (nSPS) is 22.1. The zero-order chi connectivity index (χ0) is 15.0. The Hall–Kier alpha value is -1.76. The lowest BCUT2D eigenvalue weighted by atomic mass is 9.93. The lowest BCUT2D eigenvalue weighted by Crippen LogP contribution is -2.43. The number of fused-ring (bicyclic) bond motifs is 1. The number of carbonyl (C=O) groups excluding carboxylic acids is 1. The third-order valence-electron chi connectivity index (χ3n) is 3.92. The molecule has 0 spiro atoms. The van der Waals surface area contributed by atoms with Crippen molar-refractivity contribution in [2.45, 2.75) is 6.42 Å². The van der Waals surface area contributed by atoms with E-state index in [0.29, 0.717) is 26.2 Å². The van der Waals surface area contributed by atoms with E-state index in [0.717, 1.165) is 17.7 Å². The Morgan fingerprint density at radius 2 is 2.10 bits per heavy atom. The van der Waals surface area contributed by atoms with Crippen LogP contribution in [0, 0.1) is 5.92 Å². The molecule has 7 heteroatoms. The second kappa shape index (κ2) is 5.22. The summed E-state index contributed by atoms with van der Waals surface area (Å²) in [5.41, 5.74) is 1.76. The molecular formula is C14H18N2O4S. The molecule has 0 aliphatic carbocycles. The maximum atomic E-state index is 12.0. The van der Waals surface area contributed by atoms with Gasteiger partial charge in [0.15, 0.2) is 0 Å². The van der Waals surface area contributed by atoms with Crippen molar-refractivity contribution in [3.63, 3.8) is 0 Å². The molecule has 2 aliphatic heterocycles. The van der Waals surface area contributed by atoms with E-state index in [4.69, 9.17) is 4.74 Å². The van der Waals surface area contributed by atoms with Crippen molar-refractivity contribution < 1.29 is 17.9 Å². The van der Waals surface area contributed by atoms with Crippen LogP contribution in [0.5, 0.6) is 0 Å². The fraction of sp³-hybridized carbons (Fsp3) is 0.500. The Morgan fingerprint density at radius 3 is 2.76 bits per heavy atom. The van der Waals surface area contributed by atoms with Gasteiger partial charge in [-0.05, 0) is 24.0 Å². The van der Waals surface area contributed by atoms with Gasteiger partial charge in [-0.2, -0.15) is 0 Å². The fourth-order valence-corrected chi connectivity index (χ4v) is 3.99. The summed E-state index contributed by atoms with van der Waals surface area (Å²) in [5.74, 6) is 0.0836. The van der Waals surface area contributed by atoms with Gasteiger partial charge < -0.3 is 9.64 Å². The first kappa shape index (κ1) is 14.2. The lowest BCUT2D eigenvalue weighted by Gasteiger charge is -2.35. The van der Waals surface area contributed by atoms with Gasteiger partial charge in [-0.1, -0.05) is 18.2 Å². The summed E-state index contributed by atoms with van der Waals surface area (Å²) < 4.78 is 30.4. The molecule has 0 unspecified atom stereocenters. The minimum Gasteiger partial charge on any atom is -0.448 e. The number of ether oxygens (including phenoxy) is 1. The number of cyclic esters (lactones) is 1. The Morgan fingerprint density at radius 1 is 1.33 bits per heavy atom. The molecule has 0 aromatic heterocycles. The molecule has 2 aliphatic rings. The highest BCUT2D eigenvalue weighted by atomic mass is 32.2. The lowest BCUT2D eigenvalue weighted by molar-refractivity contribution is 0.154. The Kier molecular flexibility index (Phi) is 3.52. The second-order valence-corrected chi connectivity index (χ2v) is 7.46. The maximum Gasteiger partial charge on any atom is 0.409 e. The van der Waals surface area contributed by atoms with Crippen LogP contribution in [0.1, 0.15) is 5.56 Å². The number of nitrogens with zero attached hydrogens (tertiary/aromatic N) is 2. The zero-order valence-electron chi connectivity index (χ0n) is 11.9. The molecular weight excluding hydrogens is 292 g/mol. The summed E-state index contributed by atoms with van der Waals surface area (Å²) in [6.07, 6.45) is 1.68. The first-order valence-corrected chi connectivity index (χ1v) is 8.77. The number of benzene rings is 1. The van der Waals surface area contributed by atoms with Gasteiger partial charge in [0.1, 0.15) is 6.61 Å². The monoisotopic (exact) mass is 310 g/mol. The van der Waals surface area contributed by atoms with E-state index in [2.05, 4.69) is 0 Å². The first-order chi connectivity index (χ1) is 9.95. The Balaban J connectivity index is 1.85. The highest BCUT2D eigenvalue weighted by Gasteiger charge is 2.32. The molecule has 21 heavy (non-hydrogen) atoms. The number of amides is 1. The van der Waals surface area contributed by atoms with Crippen LogP contribution in [0.25, 0.3) is 0 Å². The first-order valence-electron chi connectivity index (χ1n) is 6.92. The van der Waals surface area contributed by atoms with E-state index in [-0.39, 0.29) is 12.0 Å². The standard InChI is InChI=1S/C14H18N2O4S/c1-21(18,19)16-10-11(9-15-6-7-20-14(15)17)8-12-4-2-3-5-13(12)16/h2-5,11H,6-10H2,1H3/t11-/m0/s1. The van der Waals surface area contributed by atoms with Crippen LogP contribution in [0.3, 0.4) is 0 Å². The summed E-state index contributed by atoms with van der Waals surface area (Å²) in [6.45, 7) is 1.92. The van der Waals surface area contributed by atoms with Gasteiger partial charge in [0, 0.05) is 13.1 Å². The van der Waals surface area contributed by atoms with Crippen molar-refractivity contribution in [3.8, 4) is 0 Å². The van der Waals surface area contributed by atoms with Crippen LogP contribution < -0.4 is 4.31 Å². The Labute approximate surface area is 124 Å². The molecule has 6 nitrogen and oxygen atoms in total. The van der Waals surface area contributed by atoms with E-state index in [1.165, 1.54) is 10.6 Å². The van der Waals surface area contributed by atoms with Crippen molar-refractivity contribution in [3.05, 3.63) is 29.8 Å². The summed E-state index contributed by atoms with van der Waals surface area (Å²) in [6, 6.07) is 7.53. The molecule has 1 aromatic carbocycles. The summed E-state index contributed by atoms with van der Waals surface area (Å²) in [5, 5.41) is 0. The van der Waals surface area contributed by atoms with Crippen molar-refractivity contribution >= 4 is 21.8 Å². The number of sulfonamides is 1. The average molecular weight is 310 g/mol. The van der Waals surface area contributed by atoms with Crippen LogP contribution in [0.15, 0.2) is 24.3 Å². The van der Waals surface area contributed by atoms with Gasteiger partial charge in [0.25, 0.3) is 0 Å². The molecule has 1 saturated heterocycles.